The molecule has 0 aromatic heterocycles. The van der Waals surface area contributed by atoms with E-state index in [2.05, 4.69) is 0 Å². The second kappa shape index (κ2) is 6.64. The van der Waals surface area contributed by atoms with E-state index < -0.39 is 15.0 Å². The van der Waals surface area contributed by atoms with Crippen LogP contribution in [0.5, 0.6) is 5.75 Å². The van der Waals surface area contributed by atoms with Crippen molar-refractivity contribution < 1.29 is 27.8 Å². The predicted octanol–water partition coefficient (Wildman–Crippen LogP) is 2.26. The third-order valence-electron chi connectivity index (χ3n) is 3.15. The number of ether oxygens (including phenoxy) is 2. The van der Waals surface area contributed by atoms with Crippen LogP contribution in [0.25, 0.3) is 0 Å². The number of carboxylic acid groups (broad SMARTS) is 1. The number of rotatable bonds is 5. The Morgan fingerprint density at radius 1 is 1.43 bits per heavy atom. The van der Waals surface area contributed by atoms with Gasteiger partial charge >= 0.3 is 5.97 Å². The summed E-state index contributed by atoms with van der Waals surface area (Å²) in [6.45, 7) is 0.860. The van der Waals surface area contributed by atoms with Crippen LogP contribution in [-0.4, -0.2) is 38.8 Å². The number of carbonyl (C=O) groups is 1. The highest BCUT2D eigenvalue weighted by atomic mass is 35.7. The van der Waals surface area contributed by atoms with Crippen LogP contribution in [0, 0.1) is 0 Å². The highest BCUT2D eigenvalue weighted by molar-refractivity contribution is 8.13. The van der Waals surface area contributed by atoms with E-state index in [1.54, 1.807) is 0 Å². The molecule has 116 valence electrons. The Balaban J connectivity index is 2.19. The molecule has 21 heavy (non-hydrogen) atoms. The maximum Gasteiger partial charge on any atom is 0.335 e. The molecule has 0 saturated carbocycles. The molecule has 0 aliphatic carbocycles. The maximum atomic E-state index is 11.5. The van der Waals surface area contributed by atoms with Gasteiger partial charge in [-0.2, -0.15) is 0 Å². The summed E-state index contributed by atoms with van der Waals surface area (Å²) in [5, 5.41) is 8.90. The van der Waals surface area contributed by atoms with Crippen molar-refractivity contribution >= 4 is 25.7 Å². The van der Waals surface area contributed by atoms with Crippen molar-refractivity contribution in [2.75, 3.05) is 13.2 Å². The van der Waals surface area contributed by atoms with Gasteiger partial charge in [-0.3, -0.25) is 0 Å². The standard InChI is InChI=1S/C13H15ClO6S/c14-21(17,18)12-7-9(13(15)16)4-5-11(12)20-8-10-3-1-2-6-19-10/h4-5,7,10H,1-3,6,8H2,(H,15,16). The van der Waals surface area contributed by atoms with Crippen LogP contribution in [0.3, 0.4) is 0 Å². The predicted molar refractivity (Wildman–Crippen MR) is 75.5 cm³/mol. The molecule has 1 fully saturated rings. The molecule has 0 spiro atoms. The van der Waals surface area contributed by atoms with Crippen molar-refractivity contribution in [2.24, 2.45) is 0 Å². The van der Waals surface area contributed by atoms with Gasteiger partial charge in [-0.25, -0.2) is 13.2 Å². The Labute approximate surface area is 127 Å². The van der Waals surface area contributed by atoms with Crippen molar-refractivity contribution in [3.05, 3.63) is 23.8 Å². The quantitative estimate of drug-likeness (QED) is 0.831. The SMILES string of the molecule is O=C(O)c1ccc(OCC2CCCCO2)c(S(=O)(=O)Cl)c1. The van der Waals surface area contributed by atoms with Gasteiger partial charge in [0.15, 0.2) is 0 Å². The normalized spacial score (nSPS) is 19.2. The minimum atomic E-state index is -4.10. The fraction of sp³-hybridized carbons (Fsp3) is 0.462. The Morgan fingerprint density at radius 3 is 2.76 bits per heavy atom. The summed E-state index contributed by atoms with van der Waals surface area (Å²) in [5.74, 6) is -1.21. The summed E-state index contributed by atoms with van der Waals surface area (Å²) in [7, 11) is 1.23. The fourth-order valence-corrected chi connectivity index (χ4v) is 3.07. The number of benzene rings is 1. The zero-order valence-electron chi connectivity index (χ0n) is 11.1. The number of carboxylic acids is 1. The lowest BCUT2D eigenvalue weighted by molar-refractivity contribution is -0.0116. The van der Waals surface area contributed by atoms with Crippen LogP contribution in [0.4, 0.5) is 0 Å². The third kappa shape index (κ3) is 4.33. The lowest BCUT2D eigenvalue weighted by Crippen LogP contribution is -2.26. The molecule has 0 bridgehead atoms. The van der Waals surface area contributed by atoms with Crippen molar-refractivity contribution in [2.45, 2.75) is 30.3 Å². The molecule has 1 aromatic rings. The Morgan fingerprint density at radius 2 is 2.19 bits per heavy atom. The van der Waals surface area contributed by atoms with Gasteiger partial charge in [-0.1, -0.05) is 0 Å². The molecule has 0 radical (unpaired) electrons. The number of aromatic carboxylic acids is 1. The molecule has 1 aromatic carbocycles. The second-order valence-electron chi connectivity index (χ2n) is 4.70. The number of hydrogen-bond donors (Lipinski definition) is 1. The fourth-order valence-electron chi connectivity index (χ4n) is 2.07. The molecule has 8 heteroatoms. The summed E-state index contributed by atoms with van der Waals surface area (Å²) in [6, 6.07) is 3.55. The molecule has 1 N–H and O–H groups in total. The van der Waals surface area contributed by atoms with Crippen LogP contribution >= 0.6 is 10.7 Å². The van der Waals surface area contributed by atoms with E-state index in [1.165, 1.54) is 12.1 Å². The molecule has 1 aliphatic rings. The first kappa shape index (κ1) is 16.1. The van der Waals surface area contributed by atoms with Gasteiger partial charge in [0.1, 0.15) is 17.3 Å². The first-order valence-corrected chi connectivity index (χ1v) is 8.75. The van der Waals surface area contributed by atoms with E-state index >= 15 is 0 Å². The highest BCUT2D eigenvalue weighted by Crippen LogP contribution is 2.29. The Kier molecular flexibility index (Phi) is 5.08. The Bertz CT molecular complexity index is 622. The monoisotopic (exact) mass is 334 g/mol. The van der Waals surface area contributed by atoms with Gasteiger partial charge in [0.05, 0.1) is 11.7 Å². The van der Waals surface area contributed by atoms with Gasteiger partial charge in [0.25, 0.3) is 9.05 Å². The van der Waals surface area contributed by atoms with E-state index in [1.807, 2.05) is 0 Å². The first-order chi connectivity index (χ1) is 9.88. The molecule has 1 unspecified atom stereocenters. The van der Waals surface area contributed by atoms with Gasteiger partial charge in [0, 0.05) is 17.3 Å². The van der Waals surface area contributed by atoms with Crippen molar-refractivity contribution in [1.29, 1.82) is 0 Å². The van der Waals surface area contributed by atoms with Crippen molar-refractivity contribution in [3.63, 3.8) is 0 Å². The van der Waals surface area contributed by atoms with Gasteiger partial charge in [-0.05, 0) is 37.5 Å². The molecule has 2 rings (SSSR count). The summed E-state index contributed by atoms with van der Waals surface area (Å²) >= 11 is 0. The molecule has 6 nitrogen and oxygen atoms in total. The van der Waals surface area contributed by atoms with Gasteiger partial charge in [0.2, 0.25) is 0 Å². The maximum absolute atomic E-state index is 11.5. The molecular formula is C13H15ClO6S. The van der Waals surface area contributed by atoms with E-state index in [0.29, 0.717) is 6.61 Å². The highest BCUT2D eigenvalue weighted by Gasteiger charge is 2.21. The summed E-state index contributed by atoms with van der Waals surface area (Å²) in [4.78, 5) is 10.6. The molecule has 1 saturated heterocycles. The topological polar surface area (TPSA) is 89.9 Å². The minimum absolute atomic E-state index is 0.0316. The zero-order valence-corrected chi connectivity index (χ0v) is 12.7. The summed E-state index contributed by atoms with van der Waals surface area (Å²) in [5.41, 5.74) is -0.171. The van der Waals surface area contributed by atoms with Crippen LogP contribution in [0.15, 0.2) is 23.1 Å². The van der Waals surface area contributed by atoms with E-state index in [-0.39, 0.29) is 28.9 Å². The average Bonchev–Trinajstić information content (AvgIpc) is 2.45. The van der Waals surface area contributed by atoms with Gasteiger partial charge in [-0.15, -0.1) is 0 Å². The van der Waals surface area contributed by atoms with Crippen molar-refractivity contribution in [1.82, 2.24) is 0 Å². The summed E-state index contributed by atoms with van der Waals surface area (Å²) in [6.07, 6.45) is 2.79. The Hall–Kier alpha value is -1.31. The molecular weight excluding hydrogens is 320 g/mol. The molecule has 1 atom stereocenters. The number of halogens is 1. The van der Waals surface area contributed by atoms with Crippen molar-refractivity contribution in [3.8, 4) is 5.75 Å². The molecule has 1 aliphatic heterocycles. The van der Waals surface area contributed by atoms with Crippen LogP contribution in [-0.2, 0) is 13.8 Å². The molecule has 0 amide bonds. The number of hydrogen-bond acceptors (Lipinski definition) is 5. The van der Waals surface area contributed by atoms with E-state index in [4.69, 9.17) is 25.3 Å². The van der Waals surface area contributed by atoms with Crippen LogP contribution in [0.2, 0.25) is 0 Å². The lowest BCUT2D eigenvalue weighted by atomic mass is 10.1. The van der Waals surface area contributed by atoms with Gasteiger partial charge < -0.3 is 14.6 Å². The third-order valence-corrected chi connectivity index (χ3v) is 4.50. The zero-order chi connectivity index (χ0) is 15.5. The van der Waals surface area contributed by atoms with E-state index in [9.17, 15) is 13.2 Å². The minimum Gasteiger partial charge on any atom is -0.489 e. The second-order valence-corrected chi connectivity index (χ2v) is 7.24. The smallest absolute Gasteiger partial charge is 0.335 e. The lowest BCUT2D eigenvalue weighted by Gasteiger charge is -2.23. The first-order valence-electron chi connectivity index (χ1n) is 6.44. The van der Waals surface area contributed by atoms with E-state index in [0.717, 1.165) is 25.3 Å². The molecule has 1 heterocycles. The average molecular weight is 335 g/mol. The largest absolute Gasteiger partial charge is 0.489 e. The summed E-state index contributed by atoms with van der Waals surface area (Å²) < 4.78 is 34.0. The van der Waals surface area contributed by atoms with Crippen LogP contribution < -0.4 is 4.74 Å². The van der Waals surface area contributed by atoms with Crippen LogP contribution in [0.1, 0.15) is 29.6 Å².